The van der Waals surface area contributed by atoms with Gasteiger partial charge in [0.1, 0.15) is 11.6 Å². The van der Waals surface area contributed by atoms with E-state index >= 15 is 0 Å². The lowest BCUT2D eigenvalue weighted by molar-refractivity contribution is -0.114. The fraction of sp³-hybridized carbons (Fsp3) is 0.167. The predicted octanol–water partition coefficient (Wildman–Crippen LogP) is 1.19. The molecule has 104 valence electrons. The Bertz CT molecular complexity index is 760. The number of primary amides is 1. The Labute approximate surface area is 120 Å². The maximum Gasteiger partial charge on any atom is 0.294 e. The first-order valence-electron chi connectivity index (χ1n) is 5.52. The largest absolute Gasteiger partial charge is 0.365 e. The van der Waals surface area contributed by atoms with Crippen LogP contribution in [0.25, 0.3) is 5.57 Å². The summed E-state index contributed by atoms with van der Waals surface area (Å²) in [6, 6.07) is 5.83. The number of nitrogens with zero attached hydrogens (tertiary/aromatic N) is 1. The maximum atomic E-state index is 11.3. The molecule has 0 spiro atoms. The van der Waals surface area contributed by atoms with Crippen LogP contribution in [0.15, 0.2) is 33.6 Å². The number of carbonyl (C=O) groups excluding carboxylic acids is 1. The van der Waals surface area contributed by atoms with E-state index in [-0.39, 0.29) is 10.5 Å². The summed E-state index contributed by atoms with van der Waals surface area (Å²) in [4.78, 5) is 11.8. The van der Waals surface area contributed by atoms with Crippen molar-refractivity contribution in [3.8, 4) is 6.07 Å². The molecule has 0 saturated carbocycles. The summed E-state index contributed by atoms with van der Waals surface area (Å²) in [7, 11) is -4.34. The molecule has 6 nitrogen and oxygen atoms in total. The number of nitrogens with two attached hydrogens (primary N) is 1. The van der Waals surface area contributed by atoms with Crippen molar-refractivity contribution in [3.63, 3.8) is 0 Å². The fourth-order valence-electron chi connectivity index (χ4n) is 1.96. The second-order valence-electron chi connectivity index (χ2n) is 4.06. The Balaban J connectivity index is 2.73. The second kappa shape index (κ2) is 5.28. The average Bonchev–Trinajstić information content (AvgIpc) is 2.37. The van der Waals surface area contributed by atoms with E-state index in [0.29, 0.717) is 23.3 Å². The van der Waals surface area contributed by atoms with Gasteiger partial charge in [-0.3, -0.25) is 9.35 Å². The number of fused-ring (bicyclic) bond motifs is 1. The number of hydrogen-bond acceptors (Lipinski definition) is 5. The monoisotopic (exact) mass is 310 g/mol. The molecule has 0 aliphatic carbocycles. The minimum absolute atomic E-state index is 0.181. The van der Waals surface area contributed by atoms with Gasteiger partial charge in [0.2, 0.25) is 0 Å². The molecule has 1 aliphatic rings. The van der Waals surface area contributed by atoms with Crippen molar-refractivity contribution in [1.29, 1.82) is 5.26 Å². The molecule has 0 aromatic heterocycles. The molecule has 0 saturated heterocycles. The third-order valence-corrected chi connectivity index (χ3v) is 4.77. The van der Waals surface area contributed by atoms with Gasteiger partial charge >= 0.3 is 0 Å². The van der Waals surface area contributed by atoms with Crippen molar-refractivity contribution in [2.24, 2.45) is 5.73 Å². The van der Waals surface area contributed by atoms with E-state index < -0.39 is 16.0 Å². The lowest BCUT2D eigenvalue weighted by atomic mass is 9.97. The molecule has 0 atom stereocenters. The van der Waals surface area contributed by atoms with Gasteiger partial charge in [0.15, 0.2) is 0 Å². The van der Waals surface area contributed by atoms with E-state index in [4.69, 9.17) is 15.5 Å². The van der Waals surface area contributed by atoms with Crippen LogP contribution in [0.2, 0.25) is 0 Å². The number of carbonyl (C=O) groups is 1. The van der Waals surface area contributed by atoms with Crippen molar-refractivity contribution >= 4 is 33.4 Å². The third-order valence-electron chi connectivity index (χ3n) is 2.84. The lowest BCUT2D eigenvalue weighted by Gasteiger charge is -2.19. The van der Waals surface area contributed by atoms with Gasteiger partial charge in [0.25, 0.3) is 16.0 Å². The zero-order chi connectivity index (χ0) is 14.9. The number of nitriles is 1. The standard InChI is InChI=1S/C12H10N2O4S2/c13-6-10(12(14)15)8-3-4-19-11-2-1-7(5-9(8)11)20(16,17)18/h1-2,5H,3-4H2,(H2,14,15)(H,16,17,18)/b10-8-. The van der Waals surface area contributed by atoms with Gasteiger partial charge in [0, 0.05) is 10.6 Å². The van der Waals surface area contributed by atoms with Gasteiger partial charge in [-0.15, -0.1) is 11.8 Å². The predicted molar refractivity (Wildman–Crippen MR) is 73.3 cm³/mol. The first kappa shape index (κ1) is 14.6. The Kier molecular flexibility index (Phi) is 3.85. The molecule has 0 radical (unpaired) electrons. The van der Waals surface area contributed by atoms with E-state index in [9.17, 15) is 13.2 Å². The fourth-order valence-corrected chi connectivity index (χ4v) is 3.49. The number of rotatable bonds is 2. The van der Waals surface area contributed by atoms with Crippen molar-refractivity contribution in [2.45, 2.75) is 16.2 Å². The molecule has 3 N–H and O–H groups in total. The van der Waals surface area contributed by atoms with Crippen LogP contribution in [0.5, 0.6) is 0 Å². The van der Waals surface area contributed by atoms with Crippen LogP contribution < -0.4 is 5.73 Å². The van der Waals surface area contributed by atoms with Gasteiger partial charge in [-0.25, -0.2) is 0 Å². The molecule has 0 unspecified atom stereocenters. The highest BCUT2D eigenvalue weighted by molar-refractivity contribution is 7.99. The van der Waals surface area contributed by atoms with Crippen molar-refractivity contribution in [3.05, 3.63) is 29.3 Å². The molecule has 1 aromatic rings. The molecule has 0 bridgehead atoms. The van der Waals surface area contributed by atoms with E-state index in [1.54, 1.807) is 6.07 Å². The SMILES string of the molecule is N#C/C(C(N)=O)=C1\CCSc2ccc(S(=O)(=O)O)cc21. The summed E-state index contributed by atoms with van der Waals surface area (Å²) in [5.41, 5.74) is 5.85. The molecule has 1 amide bonds. The topological polar surface area (TPSA) is 121 Å². The van der Waals surface area contributed by atoms with Crippen LogP contribution in [0, 0.1) is 11.3 Å². The van der Waals surface area contributed by atoms with Crippen LogP contribution in [0.1, 0.15) is 12.0 Å². The van der Waals surface area contributed by atoms with E-state index in [2.05, 4.69) is 0 Å². The summed E-state index contributed by atoms with van der Waals surface area (Å²) in [6.45, 7) is 0. The minimum Gasteiger partial charge on any atom is -0.365 e. The zero-order valence-corrected chi connectivity index (χ0v) is 11.8. The van der Waals surface area contributed by atoms with Gasteiger partial charge in [-0.1, -0.05) is 0 Å². The number of hydrogen-bond donors (Lipinski definition) is 2. The number of allylic oxidation sites excluding steroid dienone is 1. The first-order chi connectivity index (χ1) is 9.34. The van der Waals surface area contributed by atoms with E-state index in [1.807, 2.05) is 0 Å². The molecule has 8 heteroatoms. The smallest absolute Gasteiger partial charge is 0.294 e. The Hall–Kier alpha value is -1.82. The van der Waals surface area contributed by atoms with Crippen LogP contribution in [-0.2, 0) is 14.9 Å². The van der Waals surface area contributed by atoms with Crippen LogP contribution in [-0.4, -0.2) is 24.6 Å². The van der Waals surface area contributed by atoms with E-state index in [1.165, 1.54) is 30.0 Å². The molecule has 20 heavy (non-hydrogen) atoms. The summed E-state index contributed by atoms with van der Waals surface area (Å²) in [5.74, 6) is -0.191. The van der Waals surface area contributed by atoms with Crippen molar-refractivity contribution in [2.75, 3.05) is 5.75 Å². The minimum atomic E-state index is -4.34. The molecule has 1 heterocycles. The maximum absolute atomic E-state index is 11.3. The molecular weight excluding hydrogens is 300 g/mol. The summed E-state index contributed by atoms with van der Waals surface area (Å²) in [5, 5.41) is 9.02. The second-order valence-corrected chi connectivity index (χ2v) is 6.62. The Morgan fingerprint density at radius 1 is 1.45 bits per heavy atom. The summed E-state index contributed by atoms with van der Waals surface area (Å²) < 4.78 is 31.4. The molecule has 2 rings (SSSR count). The van der Waals surface area contributed by atoms with Crippen molar-refractivity contribution in [1.82, 2.24) is 0 Å². The molecule has 1 aromatic carbocycles. The van der Waals surface area contributed by atoms with E-state index in [0.717, 1.165) is 4.90 Å². The molecular formula is C12H10N2O4S2. The summed E-state index contributed by atoms with van der Waals surface area (Å²) >= 11 is 1.48. The van der Waals surface area contributed by atoms with Crippen LogP contribution >= 0.6 is 11.8 Å². The zero-order valence-electron chi connectivity index (χ0n) is 10.2. The number of benzene rings is 1. The van der Waals surface area contributed by atoms with Crippen LogP contribution in [0.3, 0.4) is 0 Å². The van der Waals surface area contributed by atoms with Crippen LogP contribution in [0.4, 0.5) is 0 Å². The third kappa shape index (κ3) is 2.70. The van der Waals surface area contributed by atoms with Gasteiger partial charge in [0.05, 0.1) is 4.90 Å². The highest BCUT2D eigenvalue weighted by Crippen LogP contribution is 2.39. The average molecular weight is 310 g/mol. The quantitative estimate of drug-likeness (QED) is 0.481. The number of amides is 1. The highest BCUT2D eigenvalue weighted by atomic mass is 32.2. The molecule has 1 aliphatic heterocycles. The Morgan fingerprint density at radius 3 is 2.70 bits per heavy atom. The number of thioether (sulfide) groups is 1. The normalized spacial score (nSPS) is 17.0. The van der Waals surface area contributed by atoms with Crippen molar-refractivity contribution < 1.29 is 17.8 Å². The lowest BCUT2D eigenvalue weighted by Crippen LogP contribution is -2.16. The van der Waals surface area contributed by atoms with Gasteiger partial charge < -0.3 is 5.73 Å². The highest BCUT2D eigenvalue weighted by Gasteiger charge is 2.23. The summed E-state index contributed by atoms with van der Waals surface area (Å²) in [6.07, 6.45) is 0.429. The molecule has 0 fully saturated rings. The first-order valence-corrected chi connectivity index (χ1v) is 7.95. The van der Waals surface area contributed by atoms with Gasteiger partial charge in [-0.05, 0) is 35.8 Å². The van der Waals surface area contributed by atoms with Gasteiger partial charge in [-0.2, -0.15) is 13.7 Å². The Morgan fingerprint density at radius 2 is 2.15 bits per heavy atom.